The summed E-state index contributed by atoms with van der Waals surface area (Å²) in [5.74, 6) is -2.35. The highest BCUT2D eigenvalue weighted by Gasteiger charge is 2.59. The average Bonchev–Trinajstić information content (AvgIpc) is 3.29. The Labute approximate surface area is 162 Å². The van der Waals surface area contributed by atoms with Crippen molar-refractivity contribution in [3.05, 3.63) is 41.5 Å². The molecular weight excluding hydrogens is 360 g/mol. The van der Waals surface area contributed by atoms with E-state index in [0.29, 0.717) is 5.69 Å². The highest BCUT2D eigenvalue weighted by Crippen LogP contribution is 2.52. The Morgan fingerprint density at radius 1 is 1.04 bits per heavy atom. The minimum atomic E-state index is -0.766. The molecule has 1 saturated heterocycles. The number of ether oxygens (including phenoxy) is 1. The van der Waals surface area contributed by atoms with Crippen molar-refractivity contribution in [1.29, 1.82) is 0 Å². The van der Waals surface area contributed by atoms with Crippen molar-refractivity contribution < 1.29 is 23.9 Å². The quantitative estimate of drug-likeness (QED) is 0.474. The predicted octanol–water partition coefficient (Wildman–Crippen LogP) is 1.59. The van der Waals surface area contributed by atoms with Crippen LogP contribution in [0.2, 0.25) is 0 Å². The molecule has 0 radical (unpaired) electrons. The van der Waals surface area contributed by atoms with Gasteiger partial charge in [-0.15, -0.1) is 0 Å². The molecule has 0 spiro atoms. The fraction of sp³-hybridized carbons (Fsp3) is 0.429. The number of aryl methyl sites for hydroxylation is 2. The van der Waals surface area contributed by atoms with E-state index < -0.39 is 25.0 Å². The van der Waals surface area contributed by atoms with Crippen molar-refractivity contribution >= 4 is 29.4 Å². The molecule has 1 aliphatic heterocycles. The number of rotatable bonds is 5. The van der Waals surface area contributed by atoms with Gasteiger partial charge in [-0.1, -0.05) is 18.2 Å². The lowest BCUT2D eigenvalue weighted by molar-refractivity contribution is -0.154. The van der Waals surface area contributed by atoms with E-state index in [0.717, 1.165) is 22.4 Å². The van der Waals surface area contributed by atoms with E-state index in [1.165, 1.54) is 0 Å². The van der Waals surface area contributed by atoms with Gasteiger partial charge in [-0.2, -0.15) is 0 Å². The third-order valence-electron chi connectivity index (χ3n) is 5.72. The molecule has 4 rings (SSSR count). The summed E-state index contributed by atoms with van der Waals surface area (Å²) in [4.78, 5) is 50.2. The minimum Gasteiger partial charge on any atom is -0.454 e. The summed E-state index contributed by atoms with van der Waals surface area (Å²) in [5, 5.41) is 2.67. The van der Waals surface area contributed by atoms with Crippen molar-refractivity contribution in [1.82, 2.24) is 4.90 Å². The number of carbonyl (C=O) groups is 4. The fourth-order valence-electron chi connectivity index (χ4n) is 4.68. The monoisotopic (exact) mass is 382 g/mol. The number of benzene rings is 1. The van der Waals surface area contributed by atoms with Crippen LogP contribution in [0.5, 0.6) is 0 Å². The van der Waals surface area contributed by atoms with Crippen LogP contribution in [0.25, 0.3) is 0 Å². The summed E-state index contributed by atoms with van der Waals surface area (Å²) in [5.41, 5.74) is 2.64. The number of hydrogen-bond donors (Lipinski definition) is 1. The van der Waals surface area contributed by atoms with Gasteiger partial charge in [0.15, 0.2) is 6.61 Å². The molecule has 2 fully saturated rings. The van der Waals surface area contributed by atoms with E-state index >= 15 is 0 Å². The van der Waals surface area contributed by atoms with Crippen LogP contribution in [0.3, 0.4) is 0 Å². The number of esters is 1. The topological polar surface area (TPSA) is 92.8 Å². The van der Waals surface area contributed by atoms with Crippen molar-refractivity contribution in [2.75, 3.05) is 18.5 Å². The number of hydrogen-bond acceptors (Lipinski definition) is 5. The standard InChI is InChI=1S/C21H22N2O5/c1-11-5-12(2)7-15(6-11)22-16(24)10-28-17(25)9-23-20(26)18-13-3-4-14(8-13)19(18)21(23)27/h3-7,13-14,18-19H,8-10H2,1-2H3,(H,22,24)/t13-,14-,18+,19+/m1/s1. The molecule has 1 aromatic rings. The first-order valence-electron chi connectivity index (χ1n) is 9.41. The van der Waals surface area contributed by atoms with Gasteiger partial charge in [0.1, 0.15) is 6.54 Å². The summed E-state index contributed by atoms with van der Waals surface area (Å²) in [7, 11) is 0. The van der Waals surface area contributed by atoms with Gasteiger partial charge in [-0.3, -0.25) is 24.1 Å². The van der Waals surface area contributed by atoms with E-state index in [4.69, 9.17) is 4.74 Å². The van der Waals surface area contributed by atoms with Gasteiger partial charge in [0.05, 0.1) is 11.8 Å². The van der Waals surface area contributed by atoms with E-state index in [1.54, 1.807) is 0 Å². The SMILES string of the molecule is Cc1cc(C)cc(NC(=O)COC(=O)CN2C(=O)[C@@H]3[C@@H](C2=O)[C@@H]2C=C[C@@H]3C2)c1. The van der Waals surface area contributed by atoms with Gasteiger partial charge >= 0.3 is 5.97 Å². The third kappa shape index (κ3) is 3.21. The number of anilines is 1. The van der Waals surface area contributed by atoms with Crippen LogP contribution >= 0.6 is 0 Å². The molecule has 1 saturated carbocycles. The fourth-order valence-corrected chi connectivity index (χ4v) is 4.68. The Hall–Kier alpha value is -2.96. The van der Waals surface area contributed by atoms with Crippen molar-refractivity contribution in [2.24, 2.45) is 23.7 Å². The first-order chi connectivity index (χ1) is 13.3. The number of fused-ring (bicyclic) bond motifs is 5. The van der Waals surface area contributed by atoms with Crippen LogP contribution in [-0.2, 0) is 23.9 Å². The second-order valence-electron chi connectivity index (χ2n) is 7.85. The molecule has 0 unspecified atom stereocenters. The molecule has 3 amide bonds. The first-order valence-corrected chi connectivity index (χ1v) is 9.41. The maximum absolute atomic E-state index is 12.5. The van der Waals surface area contributed by atoms with Gasteiger partial charge in [0, 0.05) is 5.69 Å². The molecule has 4 atom stereocenters. The lowest BCUT2D eigenvalue weighted by Gasteiger charge is -2.16. The lowest BCUT2D eigenvalue weighted by Crippen LogP contribution is -2.38. The molecule has 146 valence electrons. The number of carbonyl (C=O) groups excluding carboxylic acids is 4. The number of nitrogens with one attached hydrogen (secondary N) is 1. The lowest BCUT2D eigenvalue weighted by atomic mass is 9.85. The van der Waals surface area contributed by atoms with Gasteiger partial charge < -0.3 is 10.1 Å². The number of likely N-dealkylation sites (tertiary alicyclic amines) is 1. The molecule has 1 aromatic carbocycles. The van der Waals surface area contributed by atoms with Crippen molar-refractivity contribution in [3.8, 4) is 0 Å². The molecule has 1 N–H and O–H groups in total. The summed E-state index contributed by atoms with van der Waals surface area (Å²) in [6.45, 7) is 2.93. The Bertz CT molecular complexity index is 856. The summed E-state index contributed by atoms with van der Waals surface area (Å²) in [6.07, 6.45) is 4.83. The number of allylic oxidation sites excluding steroid dienone is 2. The second-order valence-corrected chi connectivity index (χ2v) is 7.85. The first kappa shape index (κ1) is 18.4. The van der Waals surface area contributed by atoms with E-state index in [2.05, 4.69) is 5.32 Å². The van der Waals surface area contributed by atoms with Crippen molar-refractivity contribution in [3.63, 3.8) is 0 Å². The summed E-state index contributed by atoms with van der Waals surface area (Å²) >= 11 is 0. The summed E-state index contributed by atoms with van der Waals surface area (Å²) in [6, 6.07) is 5.61. The van der Waals surface area contributed by atoms with Crippen molar-refractivity contribution in [2.45, 2.75) is 20.3 Å². The normalized spacial score (nSPS) is 27.3. The van der Waals surface area contributed by atoms with E-state index in [1.807, 2.05) is 44.2 Å². The molecule has 28 heavy (non-hydrogen) atoms. The molecule has 2 bridgehead atoms. The third-order valence-corrected chi connectivity index (χ3v) is 5.72. The zero-order valence-corrected chi connectivity index (χ0v) is 15.8. The van der Waals surface area contributed by atoms with Crippen LogP contribution in [0.4, 0.5) is 5.69 Å². The van der Waals surface area contributed by atoms with Gasteiger partial charge in [0.2, 0.25) is 11.8 Å². The van der Waals surface area contributed by atoms with Gasteiger partial charge in [-0.25, -0.2) is 0 Å². The smallest absolute Gasteiger partial charge is 0.326 e. The Balaban J connectivity index is 1.30. The molecule has 0 aromatic heterocycles. The molecule has 7 nitrogen and oxygen atoms in total. The van der Waals surface area contributed by atoms with Crippen LogP contribution in [0, 0.1) is 37.5 Å². The van der Waals surface area contributed by atoms with Crippen LogP contribution in [0.15, 0.2) is 30.4 Å². The Kier molecular flexibility index (Phi) is 4.53. The largest absolute Gasteiger partial charge is 0.454 e. The van der Waals surface area contributed by atoms with Gasteiger partial charge in [-0.05, 0) is 55.4 Å². The molecular formula is C21H22N2O5. The summed E-state index contributed by atoms with van der Waals surface area (Å²) < 4.78 is 4.97. The Morgan fingerprint density at radius 3 is 2.18 bits per heavy atom. The second kappa shape index (κ2) is 6.89. The number of imide groups is 1. The maximum atomic E-state index is 12.5. The number of nitrogens with zero attached hydrogens (tertiary/aromatic N) is 1. The van der Waals surface area contributed by atoms with Crippen LogP contribution in [-0.4, -0.2) is 41.7 Å². The zero-order valence-electron chi connectivity index (χ0n) is 15.8. The predicted molar refractivity (Wildman–Crippen MR) is 99.9 cm³/mol. The van der Waals surface area contributed by atoms with Crippen LogP contribution in [0.1, 0.15) is 17.5 Å². The highest BCUT2D eigenvalue weighted by atomic mass is 16.5. The molecule has 2 aliphatic carbocycles. The van der Waals surface area contributed by atoms with E-state index in [-0.39, 0.29) is 35.5 Å². The minimum absolute atomic E-state index is 0.0936. The highest BCUT2D eigenvalue weighted by molar-refractivity contribution is 6.08. The number of amides is 3. The van der Waals surface area contributed by atoms with E-state index in [9.17, 15) is 19.2 Å². The maximum Gasteiger partial charge on any atom is 0.326 e. The molecule has 3 aliphatic rings. The zero-order chi connectivity index (χ0) is 20.0. The van der Waals surface area contributed by atoms with Crippen LogP contribution < -0.4 is 5.32 Å². The molecule has 1 heterocycles. The molecule has 7 heteroatoms. The van der Waals surface area contributed by atoms with Gasteiger partial charge in [0.25, 0.3) is 5.91 Å². The Morgan fingerprint density at radius 2 is 1.61 bits per heavy atom. The average molecular weight is 382 g/mol.